The van der Waals surface area contributed by atoms with Crippen molar-refractivity contribution in [2.45, 2.75) is 115 Å². The molecular formula is C36H51NO10. The summed E-state index contributed by atoms with van der Waals surface area (Å²) in [7, 11) is 1.02. The Hall–Kier alpha value is -4.17. The first-order chi connectivity index (χ1) is 22.5. The normalized spacial score (nSPS) is 13.4. The summed E-state index contributed by atoms with van der Waals surface area (Å²) >= 11 is 0. The molecule has 3 atom stereocenters. The van der Waals surface area contributed by atoms with Gasteiger partial charge in [-0.25, -0.2) is 9.59 Å². The lowest BCUT2D eigenvalue weighted by molar-refractivity contribution is -0.173. The van der Waals surface area contributed by atoms with Crippen LogP contribution in [0.3, 0.4) is 0 Å². The minimum atomic E-state index is -2.89. The number of hydrogen-bond acceptors (Lipinski definition) is 8. The predicted octanol–water partition coefficient (Wildman–Crippen LogP) is 5.02. The number of ketones is 1. The third kappa shape index (κ3) is 16.3. The molecule has 1 aromatic carbocycles. The second-order valence-electron chi connectivity index (χ2n) is 11.5. The highest BCUT2D eigenvalue weighted by Crippen LogP contribution is 2.26. The number of hydrogen-bond donors (Lipinski definition) is 4. The third-order valence-corrected chi connectivity index (χ3v) is 7.74. The van der Waals surface area contributed by atoms with Crippen molar-refractivity contribution >= 4 is 29.6 Å². The highest BCUT2D eigenvalue weighted by Gasteiger charge is 2.49. The molecule has 0 heterocycles. The van der Waals surface area contributed by atoms with E-state index in [-0.39, 0.29) is 18.8 Å². The van der Waals surface area contributed by atoms with E-state index in [1.807, 2.05) is 0 Å². The van der Waals surface area contributed by atoms with Crippen LogP contribution in [0.4, 0.5) is 0 Å². The maximum atomic E-state index is 13.4. The predicted molar refractivity (Wildman–Crippen MR) is 177 cm³/mol. The van der Waals surface area contributed by atoms with Gasteiger partial charge in [-0.15, -0.1) is 5.92 Å². The SMILES string of the molecule is CC#CCOc1ccc(C[C@H](NC(=O)[C@@H](C=CCCCCCCC(=O)CCCCCCC)[C@@](O)(CC(=O)OC)C(=O)O)C(=O)O)cc1. The number of carboxylic acids is 2. The molecule has 0 spiro atoms. The quantitative estimate of drug-likeness (QED) is 0.0483. The third-order valence-electron chi connectivity index (χ3n) is 7.74. The number of allylic oxidation sites excluding steroid dienone is 1. The van der Waals surface area contributed by atoms with Gasteiger partial charge in [0.15, 0.2) is 5.60 Å². The van der Waals surface area contributed by atoms with Crippen LogP contribution in [0.25, 0.3) is 0 Å². The number of amides is 1. The van der Waals surface area contributed by atoms with Gasteiger partial charge in [0.05, 0.1) is 19.4 Å². The van der Waals surface area contributed by atoms with Crippen LogP contribution in [0, 0.1) is 17.8 Å². The van der Waals surface area contributed by atoms with Gasteiger partial charge in [-0.1, -0.05) is 75.7 Å². The van der Waals surface area contributed by atoms with Gasteiger partial charge < -0.3 is 30.1 Å². The zero-order valence-corrected chi connectivity index (χ0v) is 27.9. The molecule has 0 fully saturated rings. The second-order valence-corrected chi connectivity index (χ2v) is 11.5. The van der Waals surface area contributed by atoms with Crippen LogP contribution >= 0.6 is 0 Å². The molecule has 11 heteroatoms. The number of aliphatic carboxylic acids is 2. The summed E-state index contributed by atoms with van der Waals surface area (Å²) in [6, 6.07) is 5.05. The minimum Gasteiger partial charge on any atom is -0.481 e. The lowest BCUT2D eigenvalue weighted by Gasteiger charge is -2.30. The fourth-order valence-electron chi connectivity index (χ4n) is 4.91. The zero-order chi connectivity index (χ0) is 35.1. The van der Waals surface area contributed by atoms with Crippen molar-refractivity contribution in [1.29, 1.82) is 0 Å². The van der Waals surface area contributed by atoms with Crippen molar-refractivity contribution in [3.8, 4) is 17.6 Å². The van der Waals surface area contributed by atoms with Crippen molar-refractivity contribution < 1.29 is 48.8 Å². The van der Waals surface area contributed by atoms with Gasteiger partial charge in [0, 0.05) is 19.3 Å². The van der Waals surface area contributed by atoms with Crippen LogP contribution in [0.2, 0.25) is 0 Å². The summed E-state index contributed by atoms with van der Waals surface area (Å²) in [6.07, 6.45) is 11.8. The number of carbonyl (C=O) groups is 5. The van der Waals surface area contributed by atoms with Gasteiger partial charge in [0.25, 0.3) is 0 Å². The zero-order valence-electron chi connectivity index (χ0n) is 27.9. The number of carbonyl (C=O) groups excluding carboxylic acids is 3. The van der Waals surface area contributed by atoms with E-state index in [2.05, 4.69) is 28.8 Å². The molecule has 0 radical (unpaired) electrons. The highest BCUT2D eigenvalue weighted by atomic mass is 16.5. The minimum absolute atomic E-state index is 0.142. The second kappa shape index (κ2) is 23.2. The molecule has 0 saturated heterocycles. The molecule has 0 aromatic heterocycles. The van der Waals surface area contributed by atoms with Crippen molar-refractivity contribution in [3.63, 3.8) is 0 Å². The summed E-state index contributed by atoms with van der Waals surface area (Å²) in [5.41, 5.74) is -2.34. The molecule has 0 bridgehead atoms. The molecule has 260 valence electrons. The lowest BCUT2D eigenvalue weighted by atomic mass is 9.82. The maximum Gasteiger partial charge on any atom is 0.337 e. The number of aliphatic hydroxyl groups is 1. The number of rotatable bonds is 25. The lowest BCUT2D eigenvalue weighted by Crippen LogP contribution is -2.55. The molecule has 0 aliphatic heterocycles. The van der Waals surface area contributed by atoms with Gasteiger partial charge in [-0.05, 0) is 50.3 Å². The topological polar surface area (TPSA) is 177 Å². The number of unbranched alkanes of at least 4 members (excludes halogenated alkanes) is 8. The summed E-state index contributed by atoms with van der Waals surface area (Å²) in [5.74, 6) is -0.871. The van der Waals surface area contributed by atoms with Crippen molar-refractivity contribution in [1.82, 2.24) is 5.32 Å². The van der Waals surface area contributed by atoms with E-state index in [9.17, 15) is 39.3 Å². The Morgan fingerprint density at radius 1 is 0.936 bits per heavy atom. The molecule has 0 aliphatic carbocycles. The molecule has 47 heavy (non-hydrogen) atoms. The van der Waals surface area contributed by atoms with Crippen LogP contribution in [0.15, 0.2) is 36.4 Å². The van der Waals surface area contributed by atoms with E-state index < -0.39 is 47.8 Å². The Bertz CT molecular complexity index is 1230. The summed E-state index contributed by atoms with van der Waals surface area (Å²) in [6.45, 7) is 4.03. The number of methoxy groups -OCH3 is 1. The van der Waals surface area contributed by atoms with E-state index in [1.54, 1.807) is 31.2 Å². The molecule has 11 nitrogen and oxygen atoms in total. The highest BCUT2D eigenvalue weighted by molar-refractivity contribution is 5.94. The van der Waals surface area contributed by atoms with Crippen LogP contribution in [0.1, 0.15) is 103 Å². The van der Waals surface area contributed by atoms with Gasteiger partial charge in [0.1, 0.15) is 24.2 Å². The standard InChI is InChI=1S/C36H51NO10/c1-4-6-8-11-14-17-28(38)18-15-12-9-10-13-16-19-30(36(45,35(43)44)26-32(39)46-3)33(40)37-31(34(41)42)25-27-20-22-29(23-21-27)47-24-7-5-2/h16,19-23,30-31,45H,4,6,8-15,17-18,24-26H2,1-3H3,(H,37,40)(H,41,42)(H,43,44)/t30-,31+,36+/m1/s1. The van der Waals surface area contributed by atoms with Gasteiger partial charge in [-0.3, -0.25) is 14.4 Å². The summed E-state index contributed by atoms with van der Waals surface area (Å²) in [5, 5.41) is 33.1. The molecule has 4 N–H and O–H groups in total. The smallest absolute Gasteiger partial charge is 0.337 e. The maximum absolute atomic E-state index is 13.4. The summed E-state index contributed by atoms with van der Waals surface area (Å²) in [4.78, 5) is 61.8. The number of benzene rings is 1. The Morgan fingerprint density at radius 2 is 1.55 bits per heavy atom. The number of nitrogens with one attached hydrogen (secondary N) is 1. The first-order valence-corrected chi connectivity index (χ1v) is 16.3. The monoisotopic (exact) mass is 657 g/mol. The number of carboxylic acid groups (broad SMARTS) is 2. The molecular weight excluding hydrogens is 606 g/mol. The molecule has 0 unspecified atom stereocenters. The van der Waals surface area contributed by atoms with Crippen LogP contribution < -0.4 is 10.1 Å². The average Bonchev–Trinajstić information content (AvgIpc) is 3.04. The van der Waals surface area contributed by atoms with Gasteiger partial charge >= 0.3 is 17.9 Å². The molecule has 0 aliphatic rings. The molecule has 1 aromatic rings. The molecule has 1 amide bonds. The number of ether oxygens (including phenoxy) is 2. The average molecular weight is 658 g/mol. The van der Waals surface area contributed by atoms with Crippen LogP contribution in [-0.2, 0) is 35.1 Å². The van der Waals surface area contributed by atoms with E-state index in [0.717, 1.165) is 45.6 Å². The van der Waals surface area contributed by atoms with Gasteiger partial charge in [0.2, 0.25) is 5.91 Å². The first kappa shape index (κ1) is 40.9. The Morgan fingerprint density at radius 3 is 2.11 bits per heavy atom. The fourth-order valence-corrected chi connectivity index (χ4v) is 4.91. The molecule has 0 saturated carbocycles. The van der Waals surface area contributed by atoms with E-state index in [0.29, 0.717) is 37.0 Å². The van der Waals surface area contributed by atoms with Crippen LogP contribution in [-0.4, -0.2) is 70.3 Å². The van der Waals surface area contributed by atoms with Crippen molar-refractivity contribution in [2.75, 3.05) is 13.7 Å². The van der Waals surface area contributed by atoms with E-state index >= 15 is 0 Å². The van der Waals surface area contributed by atoms with Crippen molar-refractivity contribution in [3.05, 3.63) is 42.0 Å². The Kier molecular flexibility index (Phi) is 20.2. The Labute approximate surface area is 278 Å². The molecule has 1 rings (SSSR count). The van der Waals surface area contributed by atoms with Crippen LogP contribution in [0.5, 0.6) is 5.75 Å². The number of Topliss-reactive ketones (excluding diaryl/α,β-unsaturated/α-hetero) is 1. The Balaban J connectivity index is 2.88. The number of esters is 1. The largest absolute Gasteiger partial charge is 0.481 e. The van der Waals surface area contributed by atoms with E-state index in [1.165, 1.54) is 25.0 Å². The van der Waals surface area contributed by atoms with Crippen molar-refractivity contribution in [2.24, 2.45) is 5.92 Å². The fraction of sp³-hybridized carbons (Fsp3) is 0.583. The summed E-state index contributed by atoms with van der Waals surface area (Å²) < 4.78 is 10.0. The first-order valence-electron chi connectivity index (χ1n) is 16.3. The van der Waals surface area contributed by atoms with E-state index in [4.69, 9.17) is 4.74 Å². The van der Waals surface area contributed by atoms with Gasteiger partial charge in [-0.2, -0.15) is 0 Å².